The van der Waals surface area contributed by atoms with Gasteiger partial charge in [-0.25, -0.2) is 4.98 Å². The van der Waals surface area contributed by atoms with E-state index in [1.165, 1.54) is 0 Å². The minimum atomic E-state index is -0.176. The smallest absolute Gasteiger partial charge is 0.255 e. The van der Waals surface area contributed by atoms with Crippen LogP contribution >= 0.6 is 0 Å². The molecule has 0 saturated carbocycles. The highest BCUT2D eigenvalue weighted by Gasteiger charge is 2.11. The second kappa shape index (κ2) is 12.7. The largest absolute Gasteiger partial charge is 0.497 e. The Morgan fingerprint density at radius 2 is 1.91 bits per heavy atom. The molecule has 1 aromatic heterocycles. The predicted octanol–water partition coefficient (Wildman–Crippen LogP) is 6.51. The number of methoxy groups -OCH3 is 1. The molecule has 0 saturated heterocycles. The molecule has 6 nitrogen and oxygen atoms in total. The van der Waals surface area contributed by atoms with Crippen LogP contribution < -0.4 is 15.4 Å². The molecule has 0 fully saturated rings. The highest BCUT2D eigenvalue weighted by atomic mass is 16.5. The van der Waals surface area contributed by atoms with E-state index in [0.717, 1.165) is 22.6 Å². The standard InChI is InChI=1S/C29H30N4O2/c1-5-7-8-9-12-22(6-2)29(34)32-25-15-10-13-23(17-25)21(3)31-28-20-30-19-27(33-28)24-14-11-16-26(18-24)35-4/h5-21H,1H2,2-4H3,(H,31,33)(H,32,34)/b8-7+,12-9-,22-6+/t21-/m0/s1. The van der Waals surface area contributed by atoms with E-state index in [0.29, 0.717) is 17.1 Å². The Hall–Kier alpha value is -4.45. The van der Waals surface area contributed by atoms with Crippen LogP contribution in [0.4, 0.5) is 11.5 Å². The number of hydrogen-bond donors (Lipinski definition) is 2. The van der Waals surface area contributed by atoms with Crippen LogP contribution in [0, 0.1) is 0 Å². The van der Waals surface area contributed by atoms with Crippen molar-refractivity contribution in [1.82, 2.24) is 9.97 Å². The van der Waals surface area contributed by atoms with Gasteiger partial charge in [-0.1, -0.05) is 61.2 Å². The average Bonchev–Trinajstić information content (AvgIpc) is 2.89. The van der Waals surface area contributed by atoms with Crippen molar-refractivity contribution in [3.05, 3.63) is 115 Å². The monoisotopic (exact) mass is 466 g/mol. The zero-order valence-corrected chi connectivity index (χ0v) is 20.2. The van der Waals surface area contributed by atoms with Crippen LogP contribution in [-0.2, 0) is 4.79 Å². The number of anilines is 2. The Morgan fingerprint density at radius 1 is 1.09 bits per heavy atom. The Labute approximate surface area is 206 Å². The summed E-state index contributed by atoms with van der Waals surface area (Å²) in [5, 5.41) is 6.36. The second-order valence-corrected chi connectivity index (χ2v) is 7.69. The van der Waals surface area contributed by atoms with Crippen molar-refractivity contribution in [2.75, 3.05) is 17.7 Å². The van der Waals surface area contributed by atoms with Gasteiger partial charge in [0.1, 0.15) is 11.6 Å². The second-order valence-electron chi connectivity index (χ2n) is 7.69. The number of hydrogen-bond acceptors (Lipinski definition) is 5. The molecule has 2 N–H and O–H groups in total. The van der Waals surface area contributed by atoms with Gasteiger partial charge in [-0.05, 0) is 49.8 Å². The first-order chi connectivity index (χ1) is 17.0. The highest BCUT2D eigenvalue weighted by Crippen LogP contribution is 2.25. The summed E-state index contributed by atoms with van der Waals surface area (Å²) >= 11 is 0. The number of carbonyl (C=O) groups is 1. The quantitative estimate of drug-likeness (QED) is 0.263. The van der Waals surface area contributed by atoms with Crippen molar-refractivity contribution in [1.29, 1.82) is 0 Å². The van der Waals surface area contributed by atoms with Gasteiger partial charge < -0.3 is 15.4 Å². The van der Waals surface area contributed by atoms with Gasteiger partial charge in [0.2, 0.25) is 0 Å². The van der Waals surface area contributed by atoms with Crippen molar-refractivity contribution >= 4 is 17.4 Å². The van der Waals surface area contributed by atoms with Crippen molar-refractivity contribution in [2.45, 2.75) is 19.9 Å². The number of amides is 1. The lowest BCUT2D eigenvalue weighted by atomic mass is 10.1. The molecule has 178 valence electrons. The first-order valence-electron chi connectivity index (χ1n) is 11.3. The van der Waals surface area contributed by atoms with E-state index >= 15 is 0 Å². The molecule has 0 aliphatic rings. The number of nitrogens with one attached hydrogen (secondary N) is 2. The molecule has 6 heteroatoms. The Kier molecular flexibility index (Phi) is 9.14. The number of carbonyl (C=O) groups excluding carboxylic acids is 1. The molecule has 1 atom stereocenters. The van der Waals surface area contributed by atoms with E-state index in [-0.39, 0.29) is 11.9 Å². The van der Waals surface area contributed by atoms with Crippen LogP contribution in [0.25, 0.3) is 11.3 Å². The van der Waals surface area contributed by atoms with Crippen molar-refractivity contribution in [2.24, 2.45) is 0 Å². The first kappa shape index (κ1) is 25.2. The van der Waals surface area contributed by atoms with Gasteiger partial charge in [0.05, 0.1) is 31.2 Å². The third-order valence-electron chi connectivity index (χ3n) is 5.22. The lowest BCUT2D eigenvalue weighted by Gasteiger charge is -2.17. The summed E-state index contributed by atoms with van der Waals surface area (Å²) in [7, 11) is 1.64. The molecule has 3 aromatic rings. The summed E-state index contributed by atoms with van der Waals surface area (Å²) in [5.41, 5.74) is 3.96. The van der Waals surface area contributed by atoms with Crippen LogP contribution in [0.3, 0.4) is 0 Å². The molecule has 3 rings (SSSR count). The fourth-order valence-electron chi connectivity index (χ4n) is 3.36. The van der Waals surface area contributed by atoms with Crippen molar-refractivity contribution < 1.29 is 9.53 Å². The molecule has 0 aliphatic carbocycles. The third kappa shape index (κ3) is 7.27. The molecule has 0 bridgehead atoms. The van der Waals surface area contributed by atoms with Crippen LogP contribution in [0.1, 0.15) is 25.5 Å². The number of aromatic nitrogens is 2. The van der Waals surface area contributed by atoms with Gasteiger partial charge in [0.15, 0.2) is 0 Å². The SMILES string of the molecule is C=C/C=C/C=C\C(=C/C)C(=O)Nc1cccc([C@H](C)Nc2cncc(-c3cccc(OC)c3)n2)c1. The van der Waals surface area contributed by atoms with Gasteiger partial charge in [-0.3, -0.25) is 9.78 Å². The molecule has 1 amide bonds. The maximum Gasteiger partial charge on any atom is 0.255 e. The normalized spacial score (nSPS) is 12.5. The van der Waals surface area contributed by atoms with Crippen molar-refractivity contribution in [3.63, 3.8) is 0 Å². The minimum absolute atomic E-state index is 0.0631. The lowest BCUT2D eigenvalue weighted by molar-refractivity contribution is -0.112. The lowest BCUT2D eigenvalue weighted by Crippen LogP contribution is -2.14. The van der Waals surface area contributed by atoms with E-state index in [9.17, 15) is 4.79 Å². The molecule has 0 unspecified atom stereocenters. The van der Waals surface area contributed by atoms with E-state index < -0.39 is 0 Å². The molecule has 0 aliphatic heterocycles. The van der Waals surface area contributed by atoms with Crippen LogP contribution in [0.5, 0.6) is 5.75 Å². The van der Waals surface area contributed by atoms with E-state index in [4.69, 9.17) is 9.72 Å². The number of nitrogens with zero attached hydrogens (tertiary/aromatic N) is 2. The van der Waals surface area contributed by atoms with Crippen molar-refractivity contribution in [3.8, 4) is 17.0 Å². The van der Waals surface area contributed by atoms with E-state index in [1.54, 1.807) is 49.9 Å². The molecule has 35 heavy (non-hydrogen) atoms. The van der Waals surface area contributed by atoms with Crippen LogP contribution in [-0.4, -0.2) is 23.0 Å². The summed E-state index contributed by atoms with van der Waals surface area (Å²) in [6.45, 7) is 7.50. The summed E-state index contributed by atoms with van der Waals surface area (Å²) in [6, 6.07) is 15.4. The maximum absolute atomic E-state index is 12.7. The zero-order valence-electron chi connectivity index (χ0n) is 20.2. The van der Waals surface area contributed by atoms with Crippen LogP contribution in [0.2, 0.25) is 0 Å². The zero-order chi connectivity index (χ0) is 25.0. The molecule has 1 heterocycles. The Bertz CT molecular complexity index is 1260. The number of allylic oxidation sites excluding steroid dienone is 5. The summed E-state index contributed by atoms with van der Waals surface area (Å²) < 4.78 is 5.31. The molecular formula is C29H30N4O2. The summed E-state index contributed by atoms with van der Waals surface area (Å²) in [6.07, 6.45) is 14.1. The Balaban J connectivity index is 1.71. The van der Waals surface area contributed by atoms with Gasteiger partial charge in [0, 0.05) is 16.8 Å². The highest BCUT2D eigenvalue weighted by molar-refractivity contribution is 6.05. The summed E-state index contributed by atoms with van der Waals surface area (Å²) in [4.78, 5) is 21.7. The van der Waals surface area contributed by atoms with E-state index in [1.807, 2.05) is 68.5 Å². The first-order valence-corrected chi connectivity index (χ1v) is 11.3. The molecule has 0 spiro atoms. The maximum atomic E-state index is 12.7. The molecule has 0 radical (unpaired) electrons. The predicted molar refractivity (Wildman–Crippen MR) is 143 cm³/mol. The third-order valence-corrected chi connectivity index (χ3v) is 5.22. The van der Waals surface area contributed by atoms with Gasteiger partial charge in [0.25, 0.3) is 5.91 Å². The number of ether oxygens (including phenoxy) is 1. The van der Waals surface area contributed by atoms with Gasteiger partial charge in [-0.15, -0.1) is 0 Å². The van der Waals surface area contributed by atoms with E-state index in [2.05, 4.69) is 22.2 Å². The topological polar surface area (TPSA) is 76.1 Å². The van der Waals surface area contributed by atoms with Gasteiger partial charge >= 0.3 is 0 Å². The minimum Gasteiger partial charge on any atom is -0.497 e. The Morgan fingerprint density at radius 3 is 2.69 bits per heavy atom. The molecular weight excluding hydrogens is 436 g/mol. The number of benzene rings is 2. The fourth-order valence-corrected chi connectivity index (χ4v) is 3.36. The van der Waals surface area contributed by atoms with Crippen LogP contribution in [0.15, 0.2) is 110 Å². The average molecular weight is 467 g/mol. The fraction of sp³-hybridized carbons (Fsp3) is 0.138. The summed E-state index contributed by atoms with van der Waals surface area (Å²) in [5.74, 6) is 1.24. The number of rotatable bonds is 10. The molecule has 2 aromatic carbocycles. The van der Waals surface area contributed by atoms with Gasteiger partial charge in [-0.2, -0.15) is 0 Å².